The lowest BCUT2D eigenvalue weighted by atomic mass is 9.97. The van der Waals surface area contributed by atoms with Gasteiger partial charge in [-0.2, -0.15) is 0 Å². The zero-order chi connectivity index (χ0) is 15.2. The lowest BCUT2D eigenvalue weighted by molar-refractivity contribution is -0.156. The lowest BCUT2D eigenvalue weighted by Gasteiger charge is -2.15. The second-order valence-electron chi connectivity index (χ2n) is 4.39. The van der Waals surface area contributed by atoms with Crippen molar-refractivity contribution in [2.45, 2.75) is 19.8 Å². The predicted octanol–water partition coefficient (Wildman–Crippen LogP) is 2.44. The Kier molecular flexibility index (Phi) is 4.87. The van der Waals surface area contributed by atoms with Crippen LogP contribution in [0.3, 0.4) is 0 Å². The van der Waals surface area contributed by atoms with Gasteiger partial charge in [0.1, 0.15) is 0 Å². The van der Waals surface area contributed by atoms with E-state index in [0.717, 1.165) is 10.9 Å². The van der Waals surface area contributed by atoms with Crippen molar-refractivity contribution in [3.63, 3.8) is 0 Å². The summed E-state index contributed by atoms with van der Waals surface area (Å²) in [6.07, 6.45) is 1.69. The summed E-state index contributed by atoms with van der Waals surface area (Å²) in [6.45, 7) is 3.82. The molecule has 5 nitrogen and oxygen atoms in total. The maximum absolute atomic E-state index is 12.1. The van der Waals surface area contributed by atoms with Crippen molar-refractivity contribution < 1.29 is 19.1 Å². The minimum Gasteiger partial charge on any atom is -0.465 e. The second kappa shape index (κ2) is 6.83. The first-order valence-electron chi connectivity index (χ1n) is 6.85. The molecule has 0 unspecified atom stereocenters. The maximum atomic E-state index is 12.1. The molecule has 0 radical (unpaired) electrons. The van der Waals surface area contributed by atoms with Crippen molar-refractivity contribution in [3.8, 4) is 0 Å². The van der Waals surface area contributed by atoms with E-state index in [4.69, 9.17) is 9.47 Å². The van der Waals surface area contributed by atoms with Crippen molar-refractivity contribution >= 4 is 22.8 Å². The topological polar surface area (TPSA) is 65.5 Å². The summed E-state index contributed by atoms with van der Waals surface area (Å²) in [5, 5.41) is 0.855. The highest BCUT2D eigenvalue weighted by atomic mass is 16.6. The first kappa shape index (κ1) is 15.0. The van der Waals surface area contributed by atoms with Gasteiger partial charge >= 0.3 is 11.9 Å². The maximum Gasteiger partial charge on any atom is 0.324 e. The van der Waals surface area contributed by atoms with E-state index in [-0.39, 0.29) is 13.2 Å². The number of fused-ring (bicyclic) bond motifs is 1. The number of pyridine rings is 1. The molecular weight excluding hydrogens is 270 g/mol. The van der Waals surface area contributed by atoms with E-state index in [1.165, 1.54) is 0 Å². The van der Waals surface area contributed by atoms with Crippen LogP contribution in [0, 0.1) is 0 Å². The van der Waals surface area contributed by atoms with Crippen LogP contribution in [-0.4, -0.2) is 30.1 Å². The molecule has 0 fully saturated rings. The van der Waals surface area contributed by atoms with Gasteiger partial charge in [-0.3, -0.25) is 14.6 Å². The SMILES string of the molecule is CCOC(=O)C(C(=O)OCC)c1ccc2ncccc2c1. The van der Waals surface area contributed by atoms with Crippen LogP contribution in [0.25, 0.3) is 10.9 Å². The summed E-state index contributed by atoms with van der Waals surface area (Å²) in [5.41, 5.74) is 1.35. The quantitative estimate of drug-likeness (QED) is 0.624. The highest BCUT2D eigenvalue weighted by molar-refractivity contribution is 6.01. The molecule has 0 amide bonds. The average Bonchev–Trinajstić information content (AvgIpc) is 2.48. The standard InChI is InChI=1S/C16H17NO4/c1-3-20-15(18)14(16(19)21-4-2)12-7-8-13-11(10-12)6-5-9-17-13/h5-10,14H,3-4H2,1-2H3. The van der Waals surface area contributed by atoms with Crippen molar-refractivity contribution in [2.24, 2.45) is 0 Å². The van der Waals surface area contributed by atoms with Crippen molar-refractivity contribution in [3.05, 3.63) is 42.1 Å². The number of rotatable bonds is 5. The molecule has 1 aromatic heterocycles. The van der Waals surface area contributed by atoms with Crippen LogP contribution < -0.4 is 0 Å². The van der Waals surface area contributed by atoms with Crippen LogP contribution >= 0.6 is 0 Å². The summed E-state index contributed by atoms with van der Waals surface area (Å²) in [7, 11) is 0. The average molecular weight is 287 g/mol. The summed E-state index contributed by atoms with van der Waals surface area (Å²) < 4.78 is 9.97. The number of hydrogen-bond acceptors (Lipinski definition) is 5. The highest BCUT2D eigenvalue weighted by Gasteiger charge is 2.31. The van der Waals surface area contributed by atoms with Gasteiger partial charge in [0, 0.05) is 11.6 Å². The van der Waals surface area contributed by atoms with Crippen LogP contribution in [0.15, 0.2) is 36.5 Å². The number of aromatic nitrogens is 1. The Bertz CT molecular complexity index is 636. The summed E-state index contributed by atoms with van der Waals surface area (Å²) >= 11 is 0. The number of benzene rings is 1. The Labute approximate surface area is 122 Å². The number of carbonyl (C=O) groups excluding carboxylic acids is 2. The largest absolute Gasteiger partial charge is 0.465 e. The third-order valence-corrected chi connectivity index (χ3v) is 3.00. The molecule has 2 aromatic rings. The Morgan fingerprint density at radius 2 is 1.76 bits per heavy atom. The Morgan fingerprint density at radius 3 is 2.38 bits per heavy atom. The highest BCUT2D eigenvalue weighted by Crippen LogP contribution is 2.23. The Balaban J connectivity index is 2.41. The molecule has 0 aliphatic carbocycles. The van der Waals surface area contributed by atoms with E-state index in [1.54, 1.807) is 44.3 Å². The van der Waals surface area contributed by atoms with Gasteiger partial charge in [-0.05, 0) is 37.6 Å². The summed E-state index contributed by atoms with van der Waals surface area (Å²) in [5.74, 6) is -2.26. The summed E-state index contributed by atoms with van der Waals surface area (Å²) in [6, 6.07) is 8.92. The van der Waals surface area contributed by atoms with E-state index in [2.05, 4.69) is 4.98 Å². The molecule has 0 bridgehead atoms. The zero-order valence-corrected chi connectivity index (χ0v) is 12.0. The van der Waals surface area contributed by atoms with Gasteiger partial charge in [0.05, 0.1) is 18.7 Å². The molecular formula is C16H17NO4. The van der Waals surface area contributed by atoms with Crippen LogP contribution in [0.2, 0.25) is 0 Å². The van der Waals surface area contributed by atoms with E-state index < -0.39 is 17.9 Å². The molecule has 0 N–H and O–H groups in total. The van der Waals surface area contributed by atoms with Gasteiger partial charge in [0.15, 0.2) is 5.92 Å². The number of ether oxygens (including phenoxy) is 2. The van der Waals surface area contributed by atoms with Crippen molar-refractivity contribution in [2.75, 3.05) is 13.2 Å². The predicted molar refractivity (Wildman–Crippen MR) is 77.8 cm³/mol. The molecule has 5 heteroatoms. The molecule has 0 saturated heterocycles. The Morgan fingerprint density at radius 1 is 1.10 bits per heavy atom. The Hall–Kier alpha value is -2.43. The first-order chi connectivity index (χ1) is 10.2. The van der Waals surface area contributed by atoms with Gasteiger partial charge in [-0.25, -0.2) is 0 Å². The molecule has 0 aliphatic rings. The van der Waals surface area contributed by atoms with Crippen LogP contribution in [-0.2, 0) is 19.1 Å². The molecule has 110 valence electrons. The van der Waals surface area contributed by atoms with Gasteiger partial charge in [-0.1, -0.05) is 12.1 Å². The van der Waals surface area contributed by atoms with Gasteiger partial charge < -0.3 is 9.47 Å². The first-order valence-corrected chi connectivity index (χ1v) is 6.85. The fourth-order valence-corrected chi connectivity index (χ4v) is 2.09. The van der Waals surface area contributed by atoms with Crippen LogP contribution in [0.5, 0.6) is 0 Å². The van der Waals surface area contributed by atoms with E-state index in [1.807, 2.05) is 6.07 Å². The minimum atomic E-state index is -1.06. The molecule has 1 aromatic carbocycles. The molecule has 0 spiro atoms. The molecule has 0 saturated carbocycles. The second-order valence-corrected chi connectivity index (χ2v) is 4.39. The van der Waals surface area contributed by atoms with Crippen molar-refractivity contribution in [1.82, 2.24) is 4.98 Å². The lowest BCUT2D eigenvalue weighted by Crippen LogP contribution is -2.26. The van der Waals surface area contributed by atoms with Crippen LogP contribution in [0.4, 0.5) is 0 Å². The van der Waals surface area contributed by atoms with Gasteiger partial charge in [-0.15, -0.1) is 0 Å². The summed E-state index contributed by atoms with van der Waals surface area (Å²) in [4.78, 5) is 28.3. The third kappa shape index (κ3) is 3.37. The molecule has 0 aliphatic heterocycles. The normalized spacial score (nSPS) is 10.6. The zero-order valence-electron chi connectivity index (χ0n) is 12.0. The fourth-order valence-electron chi connectivity index (χ4n) is 2.09. The number of hydrogen-bond donors (Lipinski definition) is 0. The van der Waals surface area contributed by atoms with Gasteiger partial charge in [0.2, 0.25) is 0 Å². The van der Waals surface area contributed by atoms with Crippen LogP contribution in [0.1, 0.15) is 25.3 Å². The van der Waals surface area contributed by atoms with E-state index in [0.29, 0.717) is 5.56 Å². The van der Waals surface area contributed by atoms with E-state index >= 15 is 0 Å². The molecule has 21 heavy (non-hydrogen) atoms. The minimum absolute atomic E-state index is 0.212. The molecule has 2 rings (SSSR count). The third-order valence-electron chi connectivity index (χ3n) is 3.00. The molecule has 0 atom stereocenters. The monoisotopic (exact) mass is 287 g/mol. The number of carbonyl (C=O) groups is 2. The van der Waals surface area contributed by atoms with Crippen molar-refractivity contribution in [1.29, 1.82) is 0 Å². The smallest absolute Gasteiger partial charge is 0.324 e. The van der Waals surface area contributed by atoms with E-state index in [9.17, 15) is 9.59 Å². The number of nitrogens with zero attached hydrogens (tertiary/aromatic N) is 1. The fraction of sp³-hybridized carbons (Fsp3) is 0.312. The molecule has 1 heterocycles. The van der Waals surface area contributed by atoms with Gasteiger partial charge in [0.25, 0.3) is 0 Å². The number of esters is 2.